The van der Waals surface area contributed by atoms with E-state index in [4.69, 9.17) is 0 Å². The molecular weight excluding hydrogens is 248 g/mol. The summed E-state index contributed by atoms with van der Waals surface area (Å²) in [7, 11) is 1.15. The summed E-state index contributed by atoms with van der Waals surface area (Å²) in [5, 5.41) is 19.5. The van der Waals surface area contributed by atoms with E-state index in [0.29, 0.717) is 24.8 Å². The lowest BCUT2D eigenvalue weighted by atomic mass is 9.88. The Morgan fingerprint density at radius 1 is 1.26 bits per heavy atom. The molecule has 19 heavy (non-hydrogen) atoms. The van der Waals surface area contributed by atoms with Gasteiger partial charge in [0.25, 0.3) is 0 Å². The van der Waals surface area contributed by atoms with Crippen molar-refractivity contribution in [2.45, 2.75) is 31.5 Å². The van der Waals surface area contributed by atoms with Crippen molar-refractivity contribution >= 4 is 11.8 Å². The van der Waals surface area contributed by atoms with E-state index < -0.39 is 18.2 Å². The van der Waals surface area contributed by atoms with E-state index in [1.54, 1.807) is 18.2 Å². The van der Waals surface area contributed by atoms with Crippen molar-refractivity contribution in [1.82, 2.24) is 0 Å². The molecule has 0 amide bonds. The fourth-order valence-corrected chi connectivity index (χ4v) is 2.24. The Hall–Kier alpha value is -1.72. The van der Waals surface area contributed by atoms with Crippen LogP contribution in [0.1, 0.15) is 29.2 Å². The highest BCUT2D eigenvalue weighted by molar-refractivity contribution is 5.83. The van der Waals surface area contributed by atoms with E-state index in [1.165, 1.54) is 0 Å². The number of aryl methyl sites for hydroxylation is 1. The van der Waals surface area contributed by atoms with Crippen molar-refractivity contribution in [3.8, 4) is 0 Å². The predicted molar refractivity (Wildman–Crippen MR) is 66.5 cm³/mol. The van der Waals surface area contributed by atoms with E-state index in [-0.39, 0.29) is 5.78 Å². The number of aliphatic hydroxyl groups excluding tert-OH is 2. The molecule has 0 radical (unpaired) electrons. The molecule has 2 rings (SSSR count). The van der Waals surface area contributed by atoms with Gasteiger partial charge in [0.2, 0.25) is 0 Å². The molecule has 1 aliphatic carbocycles. The van der Waals surface area contributed by atoms with Gasteiger partial charge in [-0.1, -0.05) is 18.2 Å². The molecule has 0 saturated carbocycles. The number of hydrogen-bond donors (Lipinski definition) is 2. The molecule has 1 aromatic carbocycles. The molecule has 5 heteroatoms. The number of aliphatic hydroxyl groups is 2. The summed E-state index contributed by atoms with van der Waals surface area (Å²) in [6.07, 6.45) is -1.40. The van der Waals surface area contributed by atoms with Crippen LogP contribution in [0.15, 0.2) is 18.2 Å². The molecule has 0 bridgehead atoms. The van der Waals surface area contributed by atoms with Crippen LogP contribution in [0.5, 0.6) is 0 Å². The Balaban J connectivity index is 2.22. The van der Waals surface area contributed by atoms with Crippen LogP contribution >= 0.6 is 0 Å². The minimum Gasteiger partial charge on any atom is -0.467 e. The van der Waals surface area contributed by atoms with Crippen LogP contribution in [0.2, 0.25) is 0 Å². The van der Waals surface area contributed by atoms with Gasteiger partial charge >= 0.3 is 5.97 Å². The summed E-state index contributed by atoms with van der Waals surface area (Å²) < 4.78 is 4.39. The zero-order valence-corrected chi connectivity index (χ0v) is 10.6. The van der Waals surface area contributed by atoms with Gasteiger partial charge in [0, 0.05) is 12.8 Å². The number of methoxy groups -OCH3 is 1. The second-order valence-corrected chi connectivity index (χ2v) is 4.66. The third-order valence-electron chi connectivity index (χ3n) is 3.37. The second kappa shape index (κ2) is 5.50. The number of carbonyl (C=O) groups excluding carboxylic acids is 2. The van der Waals surface area contributed by atoms with Gasteiger partial charge in [-0.05, 0) is 23.1 Å². The number of benzene rings is 1. The third-order valence-corrected chi connectivity index (χ3v) is 3.37. The SMILES string of the molecule is COC(=O)C(O)C(O)c1ccc2c(c1)CCC(=O)C2. The van der Waals surface area contributed by atoms with Crippen molar-refractivity contribution < 1.29 is 24.5 Å². The first-order chi connectivity index (χ1) is 9.02. The maximum Gasteiger partial charge on any atom is 0.337 e. The van der Waals surface area contributed by atoms with Gasteiger partial charge in [0.15, 0.2) is 6.10 Å². The minimum atomic E-state index is -1.60. The summed E-state index contributed by atoms with van der Waals surface area (Å²) in [5.74, 6) is -0.671. The minimum absolute atomic E-state index is 0.204. The largest absolute Gasteiger partial charge is 0.467 e. The van der Waals surface area contributed by atoms with Crippen LogP contribution < -0.4 is 0 Å². The molecule has 0 saturated heterocycles. The fourth-order valence-electron chi connectivity index (χ4n) is 2.24. The van der Waals surface area contributed by atoms with Crippen LogP contribution in [0, 0.1) is 0 Å². The highest BCUT2D eigenvalue weighted by Crippen LogP contribution is 2.25. The van der Waals surface area contributed by atoms with E-state index in [1.807, 2.05) is 0 Å². The molecular formula is C14H16O5. The Kier molecular flexibility index (Phi) is 3.97. The van der Waals surface area contributed by atoms with Gasteiger partial charge in [-0.25, -0.2) is 4.79 Å². The first-order valence-corrected chi connectivity index (χ1v) is 6.10. The Morgan fingerprint density at radius 3 is 2.68 bits per heavy atom. The molecule has 0 spiro atoms. The molecule has 5 nitrogen and oxygen atoms in total. The summed E-state index contributed by atoms with van der Waals surface area (Å²) in [5.41, 5.74) is 2.37. The van der Waals surface area contributed by atoms with Crippen molar-refractivity contribution in [2.24, 2.45) is 0 Å². The fraction of sp³-hybridized carbons (Fsp3) is 0.429. The average molecular weight is 264 g/mol. The van der Waals surface area contributed by atoms with Crippen molar-refractivity contribution in [3.05, 3.63) is 34.9 Å². The van der Waals surface area contributed by atoms with Gasteiger partial charge in [-0.3, -0.25) is 4.79 Å². The lowest BCUT2D eigenvalue weighted by Gasteiger charge is -2.20. The number of hydrogen-bond acceptors (Lipinski definition) is 5. The predicted octanol–water partition coefficient (Wildman–Crippen LogP) is 0.312. The number of Topliss-reactive ketones (excluding diaryl/α,β-unsaturated/α-hetero) is 1. The quantitative estimate of drug-likeness (QED) is 0.768. The lowest BCUT2D eigenvalue weighted by molar-refractivity contribution is -0.156. The van der Waals surface area contributed by atoms with Crippen LogP contribution in [0.4, 0.5) is 0 Å². The maximum atomic E-state index is 11.3. The molecule has 2 unspecified atom stereocenters. The van der Waals surface area contributed by atoms with E-state index >= 15 is 0 Å². The highest BCUT2D eigenvalue weighted by atomic mass is 16.5. The maximum absolute atomic E-state index is 11.3. The normalized spacial score (nSPS) is 17.5. The summed E-state index contributed by atoms with van der Waals surface area (Å²) in [6, 6.07) is 5.11. The molecule has 0 aromatic heterocycles. The average Bonchev–Trinajstić information content (AvgIpc) is 2.44. The zero-order valence-electron chi connectivity index (χ0n) is 10.6. The molecule has 2 N–H and O–H groups in total. The van der Waals surface area contributed by atoms with Crippen LogP contribution in [-0.4, -0.2) is 35.2 Å². The molecule has 102 valence electrons. The van der Waals surface area contributed by atoms with Gasteiger partial charge in [-0.15, -0.1) is 0 Å². The van der Waals surface area contributed by atoms with Crippen LogP contribution in [-0.2, 0) is 27.2 Å². The molecule has 1 aromatic rings. The Morgan fingerprint density at radius 2 is 2.00 bits per heavy atom. The van der Waals surface area contributed by atoms with Crippen molar-refractivity contribution in [3.63, 3.8) is 0 Å². The first-order valence-electron chi connectivity index (χ1n) is 6.10. The molecule has 0 fully saturated rings. The highest BCUT2D eigenvalue weighted by Gasteiger charge is 2.27. The number of carbonyl (C=O) groups is 2. The third kappa shape index (κ3) is 2.83. The smallest absolute Gasteiger partial charge is 0.337 e. The second-order valence-electron chi connectivity index (χ2n) is 4.66. The van der Waals surface area contributed by atoms with Crippen molar-refractivity contribution in [1.29, 1.82) is 0 Å². The number of esters is 1. The Bertz CT molecular complexity index is 509. The van der Waals surface area contributed by atoms with Gasteiger partial charge in [-0.2, -0.15) is 0 Å². The summed E-state index contributed by atoms with van der Waals surface area (Å²) >= 11 is 0. The van der Waals surface area contributed by atoms with Crippen LogP contribution in [0.25, 0.3) is 0 Å². The van der Waals surface area contributed by atoms with Crippen molar-refractivity contribution in [2.75, 3.05) is 7.11 Å². The first kappa shape index (κ1) is 13.7. The van der Waals surface area contributed by atoms with E-state index in [0.717, 1.165) is 18.2 Å². The molecule has 1 aliphatic rings. The number of ketones is 1. The van der Waals surface area contributed by atoms with Crippen LogP contribution in [0.3, 0.4) is 0 Å². The number of rotatable bonds is 3. The van der Waals surface area contributed by atoms with Gasteiger partial charge in [0.05, 0.1) is 7.11 Å². The molecule has 0 aliphatic heterocycles. The van der Waals surface area contributed by atoms with Gasteiger partial charge < -0.3 is 14.9 Å². The molecule has 0 heterocycles. The van der Waals surface area contributed by atoms with E-state index in [2.05, 4.69) is 4.74 Å². The number of fused-ring (bicyclic) bond motifs is 1. The number of ether oxygens (including phenoxy) is 1. The topological polar surface area (TPSA) is 83.8 Å². The summed E-state index contributed by atoms with van der Waals surface area (Å²) in [6.45, 7) is 0. The zero-order chi connectivity index (χ0) is 14.0. The molecule has 2 atom stereocenters. The summed E-state index contributed by atoms with van der Waals surface area (Å²) in [4.78, 5) is 22.5. The monoisotopic (exact) mass is 264 g/mol. The van der Waals surface area contributed by atoms with Gasteiger partial charge in [0.1, 0.15) is 11.9 Å². The van der Waals surface area contributed by atoms with E-state index in [9.17, 15) is 19.8 Å². The standard InChI is InChI=1S/C14H16O5/c1-19-14(18)13(17)12(16)10-3-2-9-7-11(15)5-4-8(9)6-10/h2-3,6,12-13,16-17H,4-5,7H2,1H3. The lowest BCUT2D eigenvalue weighted by Crippen LogP contribution is -2.29. The Labute approximate surface area is 110 Å².